The summed E-state index contributed by atoms with van der Waals surface area (Å²) in [6.07, 6.45) is 2.26. The van der Waals surface area contributed by atoms with Crippen LogP contribution in [0.5, 0.6) is 5.75 Å². The lowest BCUT2D eigenvalue weighted by Gasteiger charge is -2.33. The van der Waals surface area contributed by atoms with Crippen LogP contribution >= 0.6 is 0 Å². The summed E-state index contributed by atoms with van der Waals surface area (Å²) >= 11 is 0. The number of pyridine rings is 1. The van der Waals surface area contributed by atoms with Crippen molar-refractivity contribution in [1.29, 1.82) is 0 Å². The maximum atomic E-state index is 12.9. The number of carbonyl (C=O) groups is 1. The zero-order valence-electron chi connectivity index (χ0n) is 15.6. The third kappa shape index (κ3) is 5.18. The van der Waals surface area contributed by atoms with Crippen molar-refractivity contribution < 1.29 is 13.9 Å². The summed E-state index contributed by atoms with van der Waals surface area (Å²) in [7, 11) is 0. The SMILES string of the molecule is Cc1cccc(=O)n1CCC(=O)N1CCCC(COc2ccc(F)cc2)C1. The van der Waals surface area contributed by atoms with Crippen LogP contribution in [0.25, 0.3) is 0 Å². The van der Waals surface area contributed by atoms with Gasteiger partial charge in [0, 0.05) is 43.7 Å². The lowest BCUT2D eigenvalue weighted by Crippen LogP contribution is -2.42. The van der Waals surface area contributed by atoms with E-state index in [9.17, 15) is 14.0 Å². The summed E-state index contributed by atoms with van der Waals surface area (Å²) < 4.78 is 20.3. The molecule has 1 aliphatic heterocycles. The molecule has 6 heteroatoms. The van der Waals surface area contributed by atoms with Crippen LogP contribution in [0.15, 0.2) is 47.3 Å². The number of rotatable bonds is 6. The summed E-state index contributed by atoms with van der Waals surface area (Å²) in [5.74, 6) is 0.675. The van der Waals surface area contributed by atoms with Crippen molar-refractivity contribution in [1.82, 2.24) is 9.47 Å². The van der Waals surface area contributed by atoms with E-state index in [0.717, 1.165) is 25.1 Å². The molecule has 1 amide bonds. The molecule has 1 saturated heterocycles. The van der Waals surface area contributed by atoms with Gasteiger partial charge >= 0.3 is 0 Å². The van der Waals surface area contributed by atoms with Gasteiger partial charge in [0.15, 0.2) is 0 Å². The van der Waals surface area contributed by atoms with Gasteiger partial charge in [-0.3, -0.25) is 9.59 Å². The van der Waals surface area contributed by atoms with Gasteiger partial charge in [-0.15, -0.1) is 0 Å². The fourth-order valence-electron chi connectivity index (χ4n) is 3.45. The van der Waals surface area contributed by atoms with E-state index in [1.54, 1.807) is 22.8 Å². The van der Waals surface area contributed by atoms with E-state index in [2.05, 4.69) is 0 Å². The highest BCUT2D eigenvalue weighted by molar-refractivity contribution is 5.76. The second-order valence-electron chi connectivity index (χ2n) is 7.02. The zero-order valence-corrected chi connectivity index (χ0v) is 15.6. The summed E-state index contributed by atoms with van der Waals surface area (Å²) in [5.41, 5.74) is 0.784. The second kappa shape index (κ2) is 8.84. The number of benzene rings is 1. The van der Waals surface area contributed by atoms with Crippen molar-refractivity contribution in [3.8, 4) is 5.75 Å². The molecule has 1 atom stereocenters. The molecule has 3 rings (SSSR count). The topological polar surface area (TPSA) is 51.5 Å². The molecule has 27 heavy (non-hydrogen) atoms. The Balaban J connectivity index is 1.50. The molecule has 1 aliphatic rings. The average molecular weight is 372 g/mol. The van der Waals surface area contributed by atoms with Crippen molar-refractivity contribution in [3.05, 3.63) is 64.3 Å². The monoisotopic (exact) mass is 372 g/mol. The maximum absolute atomic E-state index is 12.9. The van der Waals surface area contributed by atoms with E-state index < -0.39 is 0 Å². The Labute approximate surface area is 158 Å². The molecule has 0 bridgehead atoms. The lowest BCUT2D eigenvalue weighted by molar-refractivity contribution is -0.133. The number of aromatic nitrogens is 1. The Bertz CT molecular complexity index is 832. The van der Waals surface area contributed by atoms with Gasteiger partial charge in [0.05, 0.1) is 6.61 Å². The number of halogens is 1. The first-order valence-corrected chi connectivity index (χ1v) is 9.35. The molecule has 0 N–H and O–H groups in total. The number of piperidine rings is 1. The van der Waals surface area contributed by atoms with Crippen LogP contribution in [0.4, 0.5) is 4.39 Å². The molecule has 0 aliphatic carbocycles. The number of hydrogen-bond donors (Lipinski definition) is 0. The molecular weight excluding hydrogens is 347 g/mol. The molecule has 1 aromatic carbocycles. The normalized spacial score (nSPS) is 17.0. The molecule has 0 radical (unpaired) electrons. The Morgan fingerprint density at radius 2 is 2.00 bits per heavy atom. The summed E-state index contributed by atoms with van der Waals surface area (Å²) in [5, 5.41) is 0. The van der Waals surface area contributed by atoms with E-state index in [-0.39, 0.29) is 23.2 Å². The number of ether oxygens (including phenoxy) is 1. The third-order valence-electron chi connectivity index (χ3n) is 4.99. The van der Waals surface area contributed by atoms with Gasteiger partial charge in [-0.25, -0.2) is 4.39 Å². The van der Waals surface area contributed by atoms with Crippen LogP contribution in [-0.2, 0) is 11.3 Å². The van der Waals surface area contributed by atoms with Crippen molar-refractivity contribution in [2.45, 2.75) is 32.7 Å². The van der Waals surface area contributed by atoms with E-state index in [1.165, 1.54) is 18.2 Å². The van der Waals surface area contributed by atoms with Crippen molar-refractivity contribution >= 4 is 5.91 Å². The highest BCUT2D eigenvalue weighted by atomic mass is 19.1. The van der Waals surface area contributed by atoms with Gasteiger partial charge in [0.25, 0.3) is 5.56 Å². The van der Waals surface area contributed by atoms with Gasteiger partial charge in [-0.05, 0) is 50.1 Å². The number of likely N-dealkylation sites (tertiary alicyclic amines) is 1. The van der Waals surface area contributed by atoms with Gasteiger partial charge in [-0.2, -0.15) is 0 Å². The first-order valence-electron chi connectivity index (χ1n) is 9.35. The summed E-state index contributed by atoms with van der Waals surface area (Å²) in [6.45, 7) is 4.18. The number of amides is 1. The van der Waals surface area contributed by atoms with Gasteiger partial charge in [-0.1, -0.05) is 6.07 Å². The summed E-state index contributed by atoms with van der Waals surface area (Å²) in [6, 6.07) is 11.1. The highest BCUT2D eigenvalue weighted by Crippen LogP contribution is 2.20. The van der Waals surface area contributed by atoms with Crippen LogP contribution in [0.1, 0.15) is 25.0 Å². The van der Waals surface area contributed by atoms with Crippen LogP contribution in [-0.4, -0.2) is 35.1 Å². The first kappa shape index (κ1) is 19.1. The van der Waals surface area contributed by atoms with Gasteiger partial charge in [0.2, 0.25) is 5.91 Å². The van der Waals surface area contributed by atoms with Crippen LogP contribution in [0.3, 0.4) is 0 Å². The molecule has 1 unspecified atom stereocenters. The zero-order chi connectivity index (χ0) is 19.2. The van der Waals surface area contributed by atoms with Crippen molar-refractivity contribution in [3.63, 3.8) is 0 Å². The van der Waals surface area contributed by atoms with Crippen LogP contribution < -0.4 is 10.3 Å². The van der Waals surface area contributed by atoms with Crippen LogP contribution in [0, 0.1) is 18.7 Å². The third-order valence-corrected chi connectivity index (χ3v) is 4.99. The molecule has 0 spiro atoms. The number of aryl methyl sites for hydroxylation is 1. The Kier molecular flexibility index (Phi) is 6.27. The number of hydrogen-bond acceptors (Lipinski definition) is 3. The fraction of sp³-hybridized carbons (Fsp3) is 0.429. The minimum absolute atomic E-state index is 0.0663. The van der Waals surface area contributed by atoms with E-state index >= 15 is 0 Å². The minimum atomic E-state index is -0.287. The predicted molar refractivity (Wildman–Crippen MR) is 101 cm³/mol. The predicted octanol–water partition coefficient (Wildman–Crippen LogP) is 3.00. The van der Waals surface area contributed by atoms with E-state index in [1.807, 2.05) is 17.9 Å². The molecule has 1 aromatic heterocycles. The molecule has 2 heterocycles. The molecule has 2 aromatic rings. The molecule has 1 fully saturated rings. The molecule has 5 nitrogen and oxygen atoms in total. The number of carbonyl (C=O) groups excluding carboxylic acids is 1. The van der Waals surface area contributed by atoms with Gasteiger partial charge in [0.1, 0.15) is 11.6 Å². The lowest BCUT2D eigenvalue weighted by atomic mass is 9.98. The quantitative estimate of drug-likeness (QED) is 0.783. The highest BCUT2D eigenvalue weighted by Gasteiger charge is 2.24. The Hall–Kier alpha value is -2.63. The number of nitrogens with zero attached hydrogens (tertiary/aromatic N) is 2. The van der Waals surface area contributed by atoms with Crippen LogP contribution in [0.2, 0.25) is 0 Å². The molecule has 144 valence electrons. The fourth-order valence-corrected chi connectivity index (χ4v) is 3.45. The van der Waals surface area contributed by atoms with Gasteiger partial charge < -0.3 is 14.2 Å². The van der Waals surface area contributed by atoms with Crippen molar-refractivity contribution in [2.75, 3.05) is 19.7 Å². The smallest absolute Gasteiger partial charge is 0.250 e. The van der Waals surface area contributed by atoms with E-state index in [4.69, 9.17) is 4.74 Å². The minimum Gasteiger partial charge on any atom is -0.493 e. The maximum Gasteiger partial charge on any atom is 0.250 e. The molecule has 0 saturated carbocycles. The average Bonchev–Trinajstić information content (AvgIpc) is 2.67. The first-order chi connectivity index (χ1) is 13.0. The second-order valence-corrected chi connectivity index (χ2v) is 7.02. The Morgan fingerprint density at radius 1 is 1.22 bits per heavy atom. The molecular formula is C21H25FN2O3. The van der Waals surface area contributed by atoms with E-state index in [0.29, 0.717) is 31.9 Å². The summed E-state index contributed by atoms with van der Waals surface area (Å²) in [4.78, 5) is 26.4. The largest absolute Gasteiger partial charge is 0.493 e. The standard InChI is InChI=1S/C21H25FN2O3/c1-16-4-2-6-21(26)24(16)13-11-20(25)23-12-3-5-17(14-23)15-27-19-9-7-18(22)8-10-19/h2,4,6-10,17H,3,5,11-15H2,1H3. The Morgan fingerprint density at radius 3 is 2.74 bits per heavy atom. The van der Waals surface area contributed by atoms with Crippen molar-refractivity contribution in [2.24, 2.45) is 5.92 Å².